The lowest BCUT2D eigenvalue weighted by Crippen LogP contribution is -2.17. The normalized spacial score (nSPS) is 31.7. The highest BCUT2D eigenvalue weighted by molar-refractivity contribution is 4.75. The highest BCUT2D eigenvalue weighted by Crippen LogP contribution is 2.36. The van der Waals surface area contributed by atoms with E-state index in [1.165, 1.54) is 44.9 Å². The van der Waals surface area contributed by atoms with Crippen LogP contribution in [0.5, 0.6) is 0 Å². The Kier molecular flexibility index (Phi) is 7.16. The van der Waals surface area contributed by atoms with Crippen molar-refractivity contribution in [2.24, 2.45) is 17.8 Å². The van der Waals surface area contributed by atoms with Gasteiger partial charge in [0.2, 0.25) is 0 Å². The molecule has 0 heterocycles. The summed E-state index contributed by atoms with van der Waals surface area (Å²) in [5.74, 6) is 3.24. The van der Waals surface area contributed by atoms with Crippen molar-refractivity contribution in [2.75, 3.05) is 0 Å². The maximum absolute atomic E-state index is 2.43. The number of rotatable bonds is 2. The second-order valence-corrected chi connectivity index (χ2v) is 5.87. The number of hydrogen-bond donors (Lipinski definition) is 0. The zero-order chi connectivity index (χ0) is 11.8. The van der Waals surface area contributed by atoms with Gasteiger partial charge < -0.3 is 0 Å². The first kappa shape index (κ1) is 14.1. The van der Waals surface area contributed by atoms with Gasteiger partial charge in [-0.3, -0.25) is 0 Å². The molecule has 0 spiro atoms. The van der Waals surface area contributed by atoms with Crippen LogP contribution in [0.3, 0.4) is 0 Å². The van der Waals surface area contributed by atoms with Crippen molar-refractivity contribution in [3.05, 3.63) is 0 Å². The van der Waals surface area contributed by atoms with E-state index < -0.39 is 0 Å². The molecule has 0 aromatic carbocycles. The summed E-state index contributed by atoms with van der Waals surface area (Å²) < 4.78 is 0. The minimum absolute atomic E-state index is 1.03. The second-order valence-electron chi connectivity index (χ2n) is 5.87. The summed E-state index contributed by atoms with van der Waals surface area (Å²) in [4.78, 5) is 0. The van der Waals surface area contributed by atoms with Crippen LogP contribution in [0, 0.1) is 17.8 Å². The molecule has 96 valence electrons. The molecule has 16 heavy (non-hydrogen) atoms. The Labute approximate surface area is 103 Å². The Morgan fingerprint density at radius 3 is 1.75 bits per heavy atom. The van der Waals surface area contributed by atoms with E-state index in [9.17, 15) is 0 Å². The summed E-state index contributed by atoms with van der Waals surface area (Å²) in [6.45, 7) is 6.43. The predicted molar refractivity (Wildman–Crippen MR) is 73.7 cm³/mol. The molecular formula is C16H32. The van der Waals surface area contributed by atoms with Gasteiger partial charge in [-0.2, -0.15) is 0 Å². The third kappa shape index (κ3) is 4.89. The zero-order valence-electron chi connectivity index (χ0n) is 11.8. The average Bonchev–Trinajstić information content (AvgIpc) is 2.36. The van der Waals surface area contributed by atoms with Crippen molar-refractivity contribution in [1.29, 1.82) is 0 Å². The van der Waals surface area contributed by atoms with Crippen LogP contribution in [0.15, 0.2) is 0 Å². The van der Waals surface area contributed by atoms with Crippen molar-refractivity contribution >= 4 is 0 Å². The Morgan fingerprint density at radius 1 is 0.688 bits per heavy atom. The van der Waals surface area contributed by atoms with Crippen LogP contribution in [0.25, 0.3) is 0 Å². The van der Waals surface area contributed by atoms with Gasteiger partial charge in [-0.25, -0.2) is 0 Å². The first-order chi connectivity index (χ1) is 7.84. The molecule has 0 saturated heterocycles. The quantitative estimate of drug-likeness (QED) is 0.555. The summed E-state index contributed by atoms with van der Waals surface area (Å²) in [5.41, 5.74) is 0. The lowest BCUT2D eigenvalue weighted by molar-refractivity contribution is 0.218. The zero-order valence-corrected chi connectivity index (χ0v) is 11.8. The Hall–Kier alpha value is 0. The van der Waals surface area contributed by atoms with Crippen molar-refractivity contribution in [2.45, 2.75) is 85.0 Å². The van der Waals surface area contributed by atoms with E-state index in [0.29, 0.717) is 0 Å². The van der Waals surface area contributed by atoms with Crippen LogP contribution in [0.2, 0.25) is 0 Å². The summed E-state index contributed by atoms with van der Waals surface area (Å²) in [6.07, 6.45) is 15.3. The summed E-state index contributed by atoms with van der Waals surface area (Å²) in [5, 5.41) is 0. The standard InChI is InChI=1S/C14H26.C2H6/c1-12-7-9-14(10-8-12)11-13-5-3-2-4-6-13;1-2/h12-14H,2-11H2,1H3;1-2H3. The molecule has 0 aromatic rings. The maximum atomic E-state index is 2.43. The average molecular weight is 224 g/mol. The minimum atomic E-state index is 1.03. The molecule has 0 unspecified atom stereocenters. The fraction of sp³-hybridized carbons (Fsp3) is 1.00. The fourth-order valence-electron chi connectivity index (χ4n) is 3.46. The molecular weight excluding hydrogens is 192 g/mol. The van der Waals surface area contributed by atoms with E-state index in [1.807, 2.05) is 13.8 Å². The molecule has 0 atom stereocenters. The van der Waals surface area contributed by atoms with E-state index >= 15 is 0 Å². The lowest BCUT2D eigenvalue weighted by Gasteiger charge is -2.31. The predicted octanol–water partition coefficient (Wildman–Crippen LogP) is 5.81. The van der Waals surface area contributed by atoms with E-state index in [2.05, 4.69) is 6.92 Å². The summed E-state index contributed by atoms with van der Waals surface area (Å²) in [6, 6.07) is 0. The summed E-state index contributed by atoms with van der Waals surface area (Å²) >= 11 is 0. The van der Waals surface area contributed by atoms with E-state index in [-0.39, 0.29) is 0 Å². The largest absolute Gasteiger partial charge is 0.0683 e. The van der Waals surface area contributed by atoms with Gasteiger partial charge in [-0.05, 0) is 24.2 Å². The Balaban J connectivity index is 0.000000606. The van der Waals surface area contributed by atoms with Gasteiger partial charge in [-0.15, -0.1) is 0 Å². The van der Waals surface area contributed by atoms with Gasteiger partial charge in [0.25, 0.3) is 0 Å². The van der Waals surface area contributed by atoms with Crippen LogP contribution < -0.4 is 0 Å². The minimum Gasteiger partial charge on any atom is -0.0683 e. The molecule has 0 aromatic heterocycles. The lowest BCUT2D eigenvalue weighted by atomic mass is 9.75. The van der Waals surface area contributed by atoms with Crippen molar-refractivity contribution in [3.8, 4) is 0 Å². The molecule has 0 bridgehead atoms. The van der Waals surface area contributed by atoms with E-state index in [1.54, 1.807) is 19.3 Å². The van der Waals surface area contributed by atoms with Crippen molar-refractivity contribution < 1.29 is 0 Å². The molecule has 0 radical (unpaired) electrons. The fourth-order valence-corrected chi connectivity index (χ4v) is 3.46. The SMILES string of the molecule is CC.CC1CCC(CC2CCCCC2)CC1. The second kappa shape index (κ2) is 8.14. The maximum Gasteiger partial charge on any atom is -0.0411 e. The van der Waals surface area contributed by atoms with Crippen LogP contribution in [0.4, 0.5) is 0 Å². The first-order valence-electron chi connectivity index (χ1n) is 7.84. The monoisotopic (exact) mass is 224 g/mol. The molecule has 2 fully saturated rings. The van der Waals surface area contributed by atoms with Crippen LogP contribution in [0.1, 0.15) is 85.0 Å². The van der Waals surface area contributed by atoms with Gasteiger partial charge in [0.15, 0.2) is 0 Å². The Morgan fingerprint density at radius 2 is 1.19 bits per heavy atom. The van der Waals surface area contributed by atoms with E-state index in [4.69, 9.17) is 0 Å². The number of hydrogen-bond acceptors (Lipinski definition) is 0. The molecule has 0 aliphatic heterocycles. The molecule has 0 N–H and O–H groups in total. The van der Waals surface area contributed by atoms with Crippen molar-refractivity contribution in [3.63, 3.8) is 0 Å². The molecule has 0 heteroatoms. The van der Waals surface area contributed by atoms with Crippen molar-refractivity contribution in [1.82, 2.24) is 0 Å². The third-order valence-electron chi connectivity index (χ3n) is 4.53. The van der Waals surface area contributed by atoms with Crippen LogP contribution >= 0.6 is 0 Å². The molecule has 2 rings (SSSR count). The Bertz CT molecular complexity index is 147. The van der Waals surface area contributed by atoms with Crippen LogP contribution in [-0.2, 0) is 0 Å². The van der Waals surface area contributed by atoms with Gasteiger partial charge >= 0.3 is 0 Å². The summed E-state index contributed by atoms with van der Waals surface area (Å²) in [7, 11) is 0. The highest BCUT2D eigenvalue weighted by Gasteiger charge is 2.22. The van der Waals surface area contributed by atoms with Gasteiger partial charge in [0, 0.05) is 0 Å². The van der Waals surface area contributed by atoms with Gasteiger partial charge in [-0.1, -0.05) is 78.6 Å². The molecule has 2 saturated carbocycles. The molecule has 2 aliphatic rings. The third-order valence-corrected chi connectivity index (χ3v) is 4.53. The first-order valence-corrected chi connectivity index (χ1v) is 7.84. The molecule has 0 nitrogen and oxygen atoms in total. The van der Waals surface area contributed by atoms with Crippen LogP contribution in [-0.4, -0.2) is 0 Å². The van der Waals surface area contributed by atoms with E-state index in [0.717, 1.165) is 17.8 Å². The van der Waals surface area contributed by atoms with Gasteiger partial charge in [0.1, 0.15) is 0 Å². The smallest absolute Gasteiger partial charge is 0.0411 e. The van der Waals surface area contributed by atoms with Gasteiger partial charge in [0.05, 0.1) is 0 Å². The molecule has 2 aliphatic carbocycles. The molecule has 0 amide bonds. The highest BCUT2D eigenvalue weighted by atomic mass is 14.3. The topological polar surface area (TPSA) is 0 Å².